The molecule has 0 aromatic heterocycles. The molecule has 0 saturated heterocycles. The Kier molecular flexibility index (Phi) is 5.18. The first-order valence-electron chi connectivity index (χ1n) is 7.20. The van der Waals surface area contributed by atoms with E-state index in [0.29, 0.717) is 22.5 Å². The highest BCUT2D eigenvalue weighted by molar-refractivity contribution is 5.99. The molecular formula is C17H20N2O4. The summed E-state index contributed by atoms with van der Waals surface area (Å²) in [7, 11) is 1.31. The second kappa shape index (κ2) is 7.11. The van der Waals surface area contributed by atoms with Crippen molar-refractivity contribution in [2.75, 3.05) is 13.8 Å². The van der Waals surface area contributed by atoms with Gasteiger partial charge in [-0.3, -0.25) is 5.73 Å². The van der Waals surface area contributed by atoms with Crippen LogP contribution in [0.1, 0.15) is 25.3 Å². The molecule has 23 heavy (non-hydrogen) atoms. The molecule has 1 aliphatic rings. The number of esters is 2. The average Bonchev–Trinajstić information content (AvgIpc) is 2.54. The van der Waals surface area contributed by atoms with Gasteiger partial charge in [-0.25, -0.2) is 9.59 Å². The Morgan fingerprint density at radius 3 is 2.17 bits per heavy atom. The molecule has 0 bridgehead atoms. The molecular weight excluding hydrogens is 296 g/mol. The Morgan fingerprint density at radius 2 is 1.65 bits per heavy atom. The monoisotopic (exact) mass is 316 g/mol. The number of methoxy groups -OCH3 is 1. The number of allylic oxidation sites excluding steroid dienone is 2. The minimum atomic E-state index is -0.566. The summed E-state index contributed by atoms with van der Waals surface area (Å²) < 4.78 is 9.87. The normalized spacial score (nSPS) is 17.7. The lowest BCUT2D eigenvalue weighted by molar-refractivity contribution is -0.139. The number of ether oxygens (including phenoxy) is 2. The summed E-state index contributed by atoms with van der Waals surface area (Å²) in [6.07, 6.45) is 0. The number of benzene rings is 1. The third-order valence-corrected chi connectivity index (χ3v) is 3.73. The van der Waals surface area contributed by atoms with Gasteiger partial charge in [-0.05, 0) is 19.4 Å². The van der Waals surface area contributed by atoms with Crippen molar-refractivity contribution in [3.05, 3.63) is 58.4 Å². The number of carbonyl (C=O) groups excluding carboxylic acids is 2. The number of nitrogens with one attached hydrogen (secondary N) is 1. The summed E-state index contributed by atoms with van der Waals surface area (Å²) in [5.74, 6) is -1.61. The molecule has 1 unspecified atom stereocenters. The molecule has 6 nitrogen and oxygen atoms in total. The van der Waals surface area contributed by atoms with Crippen LogP contribution < -0.4 is 11.1 Å². The summed E-state index contributed by atoms with van der Waals surface area (Å²) in [5.41, 5.74) is 8.14. The molecule has 0 spiro atoms. The maximum Gasteiger partial charge on any atom is 0.338 e. The van der Waals surface area contributed by atoms with Crippen LogP contribution in [0.5, 0.6) is 0 Å². The third kappa shape index (κ3) is 3.27. The topological polar surface area (TPSA) is 90.6 Å². The Hall–Kier alpha value is -2.60. The summed E-state index contributed by atoms with van der Waals surface area (Å²) in [4.78, 5) is 24.7. The molecule has 1 aromatic rings. The van der Waals surface area contributed by atoms with Crippen molar-refractivity contribution < 1.29 is 19.1 Å². The summed E-state index contributed by atoms with van der Waals surface area (Å²) in [6, 6.07) is 9.28. The van der Waals surface area contributed by atoms with E-state index in [2.05, 4.69) is 5.32 Å². The fourth-order valence-corrected chi connectivity index (χ4v) is 2.78. The van der Waals surface area contributed by atoms with Crippen molar-refractivity contribution in [3.63, 3.8) is 0 Å². The predicted molar refractivity (Wildman–Crippen MR) is 84.9 cm³/mol. The average molecular weight is 316 g/mol. The summed E-state index contributed by atoms with van der Waals surface area (Å²) >= 11 is 0. The number of hydrogen-bond donors (Lipinski definition) is 2. The van der Waals surface area contributed by atoms with E-state index in [1.54, 1.807) is 13.8 Å². The van der Waals surface area contributed by atoms with Crippen LogP contribution in [0.15, 0.2) is 52.9 Å². The smallest absolute Gasteiger partial charge is 0.338 e. The van der Waals surface area contributed by atoms with Gasteiger partial charge in [0.1, 0.15) is 6.73 Å². The van der Waals surface area contributed by atoms with Gasteiger partial charge >= 0.3 is 11.9 Å². The first-order chi connectivity index (χ1) is 11.0. The van der Waals surface area contributed by atoms with Gasteiger partial charge in [0, 0.05) is 11.4 Å². The highest BCUT2D eigenvalue weighted by Gasteiger charge is 2.37. The molecule has 0 aliphatic carbocycles. The Balaban J connectivity index is 2.62. The molecule has 0 fully saturated rings. The molecule has 0 radical (unpaired) electrons. The zero-order chi connectivity index (χ0) is 17.0. The predicted octanol–water partition coefficient (Wildman–Crippen LogP) is 1.55. The standard InChI is InChI=1S/C17H20N2O4/c1-10-13(16(20)22-3)15(12-7-5-4-6-8-12)14(11(2)19-10)17(21)23-9-18/h4-8,15,19H,9,18H2,1-3H3. The number of hydrogen-bond acceptors (Lipinski definition) is 6. The molecule has 2 rings (SSSR count). The second-order valence-corrected chi connectivity index (χ2v) is 5.14. The number of nitrogens with two attached hydrogens (primary N) is 1. The van der Waals surface area contributed by atoms with Crippen molar-refractivity contribution in [3.8, 4) is 0 Å². The Bertz CT molecular complexity index is 677. The molecule has 122 valence electrons. The van der Waals surface area contributed by atoms with Gasteiger partial charge in [0.25, 0.3) is 0 Å². The van der Waals surface area contributed by atoms with Crippen molar-refractivity contribution >= 4 is 11.9 Å². The summed E-state index contributed by atoms with van der Waals surface area (Å²) in [6.45, 7) is 3.31. The molecule has 6 heteroatoms. The van der Waals surface area contributed by atoms with E-state index in [1.807, 2.05) is 30.3 Å². The van der Waals surface area contributed by atoms with Crippen molar-refractivity contribution in [2.45, 2.75) is 19.8 Å². The molecule has 0 amide bonds. The largest absolute Gasteiger partial charge is 0.466 e. The van der Waals surface area contributed by atoms with Gasteiger partial charge in [-0.2, -0.15) is 0 Å². The Labute approximate surface area is 135 Å². The van der Waals surface area contributed by atoms with Crippen LogP contribution in [-0.2, 0) is 19.1 Å². The van der Waals surface area contributed by atoms with Crippen molar-refractivity contribution in [1.29, 1.82) is 0 Å². The van der Waals surface area contributed by atoms with Crippen LogP contribution in [0.25, 0.3) is 0 Å². The first-order valence-corrected chi connectivity index (χ1v) is 7.20. The number of rotatable bonds is 4. The van der Waals surface area contributed by atoms with Gasteiger partial charge in [-0.1, -0.05) is 30.3 Å². The van der Waals surface area contributed by atoms with E-state index in [4.69, 9.17) is 15.2 Å². The maximum atomic E-state index is 12.4. The van der Waals surface area contributed by atoms with E-state index in [9.17, 15) is 9.59 Å². The SMILES string of the molecule is COC(=O)C1=C(C)NC(C)=C(C(=O)OCN)C1c1ccccc1. The van der Waals surface area contributed by atoms with Crippen LogP contribution >= 0.6 is 0 Å². The molecule has 1 atom stereocenters. The minimum Gasteiger partial charge on any atom is -0.466 e. The molecule has 0 saturated carbocycles. The van der Waals surface area contributed by atoms with E-state index in [1.165, 1.54) is 7.11 Å². The molecule has 1 aliphatic heterocycles. The lowest BCUT2D eigenvalue weighted by atomic mass is 9.80. The van der Waals surface area contributed by atoms with Gasteiger partial charge in [0.05, 0.1) is 24.2 Å². The van der Waals surface area contributed by atoms with E-state index in [-0.39, 0.29) is 6.73 Å². The summed E-state index contributed by atoms with van der Waals surface area (Å²) in [5, 5.41) is 3.05. The van der Waals surface area contributed by atoms with Crippen LogP contribution in [0.3, 0.4) is 0 Å². The van der Waals surface area contributed by atoms with Crippen LogP contribution in [0.2, 0.25) is 0 Å². The molecule has 3 N–H and O–H groups in total. The maximum absolute atomic E-state index is 12.4. The zero-order valence-electron chi connectivity index (χ0n) is 13.4. The van der Waals surface area contributed by atoms with Crippen LogP contribution in [-0.4, -0.2) is 25.8 Å². The van der Waals surface area contributed by atoms with Crippen LogP contribution in [0.4, 0.5) is 0 Å². The van der Waals surface area contributed by atoms with Crippen LogP contribution in [0, 0.1) is 0 Å². The fraction of sp³-hybridized carbons (Fsp3) is 0.294. The van der Waals surface area contributed by atoms with E-state index >= 15 is 0 Å². The fourth-order valence-electron chi connectivity index (χ4n) is 2.78. The highest BCUT2D eigenvalue weighted by Crippen LogP contribution is 2.38. The van der Waals surface area contributed by atoms with Gasteiger partial charge in [0.2, 0.25) is 0 Å². The van der Waals surface area contributed by atoms with Gasteiger partial charge in [-0.15, -0.1) is 0 Å². The lowest BCUT2D eigenvalue weighted by Gasteiger charge is -2.30. The van der Waals surface area contributed by atoms with E-state index < -0.39 is 17.9 Å². The van der Waals surface area contributed by atoms with Gasteiger partial charge in [0.15, 0.2) is 0 Å². The minimum absolute atomic E-state index is 0.229. The lowest BCUT2D eigenvalue weighted by Crippen LogP contribution is -2.32. The Morgan fingerprint density at radius 1 is 1.09 bits per heavy atom. The second-order valence-electron chi connectivity index (χ2n) is 5.14. The first kappa shape index (κ1) is 16.8. The molecule has 1 heterocycles. The number of dihydropyridines is 1. The third-order valence-electron chi connectivity index (χ3n) is 3.73. The van der Waals surface area contributed by atoms with Gasteiger partial charge < -0.3 is 14.8 Å². The molecule has 1 aromatic carbocycles. The highest BCUT2D eigenvalue weighted by atomic mass is 16.5. The van der Waals surface area contributed by atoms with Crippen molar-refractivity contribution in [1.82, 2.24) is 5.32 Å². The quantitative estimate of drug-likeness (QED) is 0.647. The number of carbonyl (C=O) groups is 2. The van der Waals surface area contributed by atoms with E-state index in [0.717, 1.165) is 5.56 Å². The zero-order valence-corrected chi connectivity index (χ0v) is 13.4. The van der Waals surface area contributed by atoms with Crippen molar-refractivity contribution in [2.24, 2.45) is 5.73 Å².